The maximum Gasteiger partial charge on any atom is 0.255 e. The first kappa shape index (κ1) is 18.7. The van der Waals surface area contributed by atoms with E-state index in [4.69, 9.17) is 5.73 Å². The smallest absolute Gasteiger partial charge is 0.255 e. The summed E-state index contributed by atoms with van der Waals surface area (Å²) in [5.74, 6) is -0.781. The molecule has 1 saturated heterocycles. The van der Waals surface area contributed by atoms with Gasteiger partial charge in [-0.1, -0.05) is 12.1 Å². The van der Waals surface area contributed by atoms with Gasteiger partial charge in [0.1, 0.15) is 6.04 Å². The highest BCUT2D eigenvalue weighted by Gasteiger charge is 2.39. The molecular formula is C23H24N4O3. The number of nitrogens with one attached hydrogen (secondary N) is 1. The zero-order valence-electron chi connectivity index (χ0n) is 16.7. The predicted molar refractivity (Wildman–Crippen MR) is 113 cm³/mol. The Kier molecular flexibility index (Phi) is 4.46. The van der Waals surface area contributed by atoms with E-state index in [2.05, 4.69) is 22.3 Å². The molecule has 154 valence electrons. The molecule has 5 rings (SSSR count). The second kappa shape index (κ2) is 7.16. The molecule has 0 aromatic heterocycles. The number of rotatable bonds is 3. The Morgan fingerprint density at radius 2 is 1.90 bits per heavy atom. The summed E-state index contributed by atoms with van der Waals surface area (Å²) >= 11 is 0. The Morgan fingerprint density at radius 3 is 2.73 bits per heavy atom. The van der Waals surface area contributed by atoms with Crippen molar-refractivity contribution < 1.29 is 14.4 Å². The number of carbonyl (C=O) groups is 3. The number of nitrogens with two attached hydrogens (primary N) is 1. The lowest BCUT2D eigenvalue weighted by atomic mass is 9.99. The minimum Gasteiger partial charge on any atom is -0.399 e. The largest absolute Gasteiger partial charge is 0.399 e. The van der Waals surface area contributed by atoms with Gasteiger partial charge in [0.2, 0.25) is 11.8 Å². The van der Waals surface area contributed by atoms with Crippen molar-refractivity contribution in [3.8, 4) is 0 Å². The third-order valence-electron chi connectivity index (χ3n) is 6.28. The number of anilines is 2. The number of benzene rings is 2. The van der Waals surface area contributed by atoms with Crippen LogP contribution in [0.3, 0.4) is 0 Å². The molecule has 3 amide bonds. The highest BCUT2D eigenvalue weighted by atomic mass is 16.2. The van der Waals surface area contributed by atoms with Crippen molar-refractivity contribution in [2.45, 2.75) is 44.8 Å². The first-order valence-corrected chi connectivity index (χ1v) is 10.4. The van der Waals surface area contributed by atoms with Crippen molar-refractivity contribution in [1.82, 2.24) is 10.2 Å². The van der Waals surface area contributed by atoms with Gasteiger partial charge in [0.05, 0.1) is 0 Å². The average Bonchev–Trinajstić information content (AvgIpc) is 3.04. The first-order valence-electron chi connectivity index (χ1n) is 10.4. The van der Waals surface area contributed by atoms with Crippen LogP contribution >= 0.6 is 0 Å². The molecule has 0 bridgehead atoms. The monoisotopic (exact) mass is 404 g/mol. The number of nitrogen functional groups attached to an aromatic ring is 1. The molecule has 3 N–H and O–H groups in total. The fourth-order valence-electron chi connectivity index (χ4n) is 4.78. The predicted octanol–water partition coefficient (Wildman–Crippen LogP) is 1.98. The van der Waals surface area contributed by atoms with Crippen LogP contribution in [0, 0.1) is 0 Å². The normalized spacial score (nSPS) is 20.8. The molecular weight excluding hydrogens is 380 g/mol. The topological polar surface area (TPSA) is 95.7 Å². The number of hydrogen-bond acceptors (Lipinski definition) is 5. The van der Waals surface area contributed by atoms with Crippen molar-refractivity contribution in [3.63, 3.8) is 0 Å². The summed E-state index contributed by atoms with van der Waals surface area (Å²) in [6.07, 6.45) is 2.75. The molecule has 1 atom stereocenters. The summed E-state index contributed by atoms with van der Waals surface area (Å²) in [5, 5.41) is 2.35. The number of carbonyl (C=O) groups excluding carboxylic acids is 3. The fraction of sp³-hybridized carbons (Fsp3) is 0.348. The van der Waals surface area contributed by atoms with Crippen LogP contribution in [-0.4, -0.2) is 35.2 Å². The van der Waals surface area contributed by atoms with Gasteiger partial charge in [-0.3, -0.25) is 19.7 Å². The van der Waals surface area contributed by atoms with E-state index in [0.717, 1.165) is 42.7 Å². The minimum atomic E-state index is -0.578. The summed E-state index contributed by atoms with van der Waals surface area (Å²) in [4.78, 5) is 40.6. The van der Waals surface area contributed by atoms with Crippen molar-refractivity contribution in [2.24, 2.45) is 0 Å². The second-order valence-electron chi connectivity index (χ2n) is 8.30. The summed E-state index contributed by atoms with van der Waals surface area (Å²) in [6.45, 7) is 2.09. The quantitative estimate of drug-likeness (QED) is 0.603. The molecule has 1 fully saturated rings. The molecule has 2 aromatic rings. The maximum atomic E-state index is 13.0. The summed E-state index contributed by atoms with van der Waals surface area (Å²) < 4.78 is 0. The van der Waals surface area contributed by atoms with Gasteiger partial charge >= 0.3 is 0 Å². The van der Waals surface area contributed by atoms with Gasteiger partial charge in [-0.2, -0.15) is 0 Å². The summed E-state index contributed by atoms with van der Waals surface area (Å²) in [7, 11) is 0. The Bertz CT molecular complexity index is 1060. The maximum absolute atomic E-state index is 13.0. The first-order chi connectivity index (χ1) is 14.5. The molecule has 3 aliphatic rings. The van der Waals surface area contributed by atoms with E-state index in [1.807, 2.05) is 24.3 Å². The molecule has 0 spiro atoms. The third kappa shape index (κ3) is 3.20. The molecule has 1 unspecified atom stereocenters. The highest BCUT2D eigenvalue weighted by Crippen LogP contribution is 2.32. The number of hydrogen-bond donors (Lipinski definition) is 2. The number of amides is 3. The van der Waals surface area contributed by atoms with Crippen LogP contribution in [0.1, 0.15) is 46.3 Å². The van der Waals surface area contributed by atoms with Crippen LogP contribution in [0.25, 0.3) is 0 Å². The number of nitrogens with zero attached hydrogens (tertiary/aromatic N) is 2. The van der Waals surface area contributed by atoms with E-state index >= 15 is 0 Å². The average molecular weight is 404 g/mol. The Labute approximate surface area is 174 Å². The molecule has 3 aliphatic heterocycles. The van der Waals surface area contributed by atoms with E-state index in [9.17, 15) is 14.4 Å². The van der Waals surface area contributed by atoms with Crippen molar-refractivity contribution in [2.75, 3.05) is 17.2 Å². The molecule has 7 heteroatoms. The summed E-state index contributed by atoms with van der Waals surface area (Å²) in [6, 6.07) is 11.5. The third-order valence-corrected chi connectivity index (χ3v) is 6.28. The van der Waals surface area contributed by atoms with Gasteiger partial charge in [0, 0.05) is 43.0 Å². The van der Waals surface area contributed by atoms with Gasteiger partial charge in [-0.15, -0.1) is 0 Å². The molecule has 7 nitrogen and oxygen atoms in total. The zero-order valence-corrected chi connectivity index (χ0v) is 16.7. The van der Waals surface area contributed by atoms with Crippen LogP contribution in [0.5, 0.6) is 0 Å². The molecule has 2 aromatic carbocycles. The molecule has 3 heterocycles. The second-order valence-corrected chi connectivity index (χ2v) is 8.30. The number of fused-ring (bicyclic) bond motifs is 2. The lowest BCUT2D eigenvalue weighted by Crippen LogP contribution is -2.52. The van der Waals surface area contributed by atoms with Crippen molar-refractivity contribution in [3.05, 3.63) is 58.7 Å². The van der Waals surface area contributed by atoms with Gasteiger partial charge in [0.15, 0.2) is 0 Å². The lowest BCUT2D eigenvalue weighted by molar-refractivity contribution is -0.136. The van der Waals surface area contributed by atoms with E-state index in [1.54, 1.807) is 4.90 Å². The van der Waals surface area contributed by atoms with Gasteiger partial charge in [-0.25, -0.2) is 0 Å². The lowest BCUT2D eigenvalue weighted by Gasteiger charge is -2.31. The van der Waals surface area contributed by atoms with Crippen molar-refractivity contribution >= 4 is 29.1 Å². The highest BCUT2D eigenvalue weighted by molar-refractivity contribution is 6.05. The van der Waals surface area contributed by atoms with Crippen LogP contribution in [0.4, 0.5) is 11.4 Å². The molecule has 0 radical (unpaired) electrons. The summed E-state index contributed by atoms with van der Waals surface area (Å²) in [5.41, 5.74) is 11.8. The standard InChI is InChI=1S/C23H24N4O3/c24-17-5-6-19-15(11-17)2-1-9-26(19)12-14-3-4-16-13-27(23(30)18(16)10-14)20-7-8-21(28)25-22(20)29/h3-6,10-11,20H,1-2,7-9,12-13,24H2,(H,25,28,29). The SMILES string of the molecule is Nc1ccc2c(c1)CCCN2Cc1ccc2c(c1)C(=O)N(C1CCC(=O)NC1=O)C2. The van der Waals surface area contributed by atoms with Crippen LogP contribution in [-0.2, 0) is 29.1 Å². The number of piperidine rings is 1. The van der Waals surface area contributed by atoms with Gasteiger partial charge in [0.25, 0.3) is 5.91 Å². The van der Waals surface area contributed by atoms with Crippen LogP contribution in [0.15, 0.2) is 36.4 Å². The van der Waals surface area contributed by atoms with Gasteiger partial charge in [-0.05, 0) is 60.2 Å². The van der Waals surface area contributed by atoms with E-state index in [0.29, 0.717) is 18.5 Å². The Morgan fingerprint density at radius 1 is 1.03 bits per heavy atom. The molecule has 0 aliphatic carbocycles. The molecule has 0 saturated carbocycles. The minimum absolute atomic E-state index is 0.131. The molecule has 30 heavy (non-hydrogen) atoms. The number of imide groups is 1. The van der Waals surface area contributed by atoms with Gasteiger partial charge < -0.3 is 15.5 Å². The van der Waals surface area contributed by atoms with Crippen LogP contribution in [0.2, 0.25) is 0 Å². The van der Waals surface area contributed by atoms with E-state index < -0.39 is 6.04 Å². The fourth-order valence-corrected chi connectivity index (χ4v) is 4.78. The Balaban J connectivity index is 1.36. The van der Waals surface area contributed by atoms with E-state index in [-0.39, 0.29) is 24.1 Å². The Hall–Kier alpha value is -3.35. The van der Waals surface area contributed by atoms with Crippen molar-refractivity contribution in [1.29, 1.82) is 0 Å². The van der Waals surface area contributed by atoms with E-state index in [1.165, 1.54) is 11.3 Å². The van der Waals surface area contributed by atoms with Crippen LogP contribution < -0.4 is 16.0 Å². The number of aryl methyl sites for hydroxylation is 1. The zero-order chi connectivity index (χ0) is 20.8.